The van der Waals surface area contributed by atoms with Gasteiger partial charge in [-0.1, -0.05) is 19.8 Å². The van der Waals surface area contributed by atoms with Crippen molar-refractivity contribution in [3.05, 3.63) is 0 Å². The molecule has 1 aliphatic carbocycles. The van der Waals surface area contributed by atoms with Gasteiger partial charge in [-0.2, -0.15) is 0 Å². The third-order valence-corrected chi connectivity index (χ3v) is 3.18. The molecule has 0 aromatic rings. The molecule has 1 aliphatic rings. The Morgan fingerprint density at radius 1 is 1.56 bits per heavy atom. The van der Waals surface area contributed by atoms with Crippen molar-refractivity contribution in [2.75, 3.05) is 0 Å². The summed E-state index contributed by atoms with van der Waals surface area (Å²) in [4.78, 5) is 22.9. The van der Waals surface area contributed by atoms with Crippen LogP contribution in [0, 0.1) is 5.92 Å². The maximum absolute atomic E-state index is 11.5. The summed E-state index contributed by atoms with van der Waals surface area (Å²) in [7, 11) is 0. The molecule has 0 saturated heterocycles. The summed E-state index contributed by atoms with van der Waals surface area (Å²) in [5.74, 6) is -1.03. The summed E-state index contributed by atoms with van der Waals surface area (Å²) in [5, 5.41) is 11.9. The van der Waals surface area contributed by atoms with Gasteiger partial charge in [0.25, 0.3) is 0 Å². The number of carbonyl (C=O) groups is 2. The summed E-state index contributed by atoms with van der Waals surface area (Å²) in [6, 6.07) is -0.673. The van der Waals surface area contributed by atoms with Gasteiger partial charge in [0.15, 0.2) is 0 Å². The van der Waals surface area contributed by atoms with E-state index < -0.39 is 23.5 Å². The average molecular weight is 228 g/mol. The fraction of sp³-hybridized carbons (Fsp3) is 0.818. The zero-order valence-electron chi connectivity index (χ0n) is 9.82. The van der Waals surface area contributed by atoms with Gasteiger partial charge in [0.05, 0.1) is 6.04 Å². The molecule has 0 spiro atoms. The Labute approximate surface area is 95.4 Å². The van der Waals surface area contributed by atoms with E-state index in [1.807, 2.05) is 6.92 Å². The van der Waals surface area contributed by atoms with Gasteiger partial charge < -0.3 is 16.2 Å². The summed E-state index contributed by atoms with van der Waals surface area (Å²) in [6.07, 6.45) is 2.82. The number of hydrogen-bond acceptors (Lipinski definition) is 3. The highest BCUT2D eigenvalue weighted by Gasteiger charge is 2.43. The predicted octanol–water partition coefficient (Wildman–Crippen LogP) is 0.483. The molecule has 1 rings (SSSR count). The van der Waals surface area contributed by atoms with Crippen LogP contribution in [-0.2, 0) is 9.59 Å². The van der Waals surface area contributed by atoms with Gasteiger partial charge in [-0.15, -0.1) is 0 Å². The van der Waals surface area contributed by atoms with Crippen molar-refractivity contribution in [3.63, 3.8) is 0 Å². The lowest BCUT2D eigenvalue weighted by Crippen LogP contribution is -2.59. The van der Waals surface area contributed by atoms with Crippen LogP contribution in [0.3, 0.4) is 0 Å². The average Bonchev–Trinajstić information content (AvgIpc) is 2.17. The highest BCUT2D eigenvalue weighted by Crippen LogP contribution is 2.32. The van der Waals surface area contributed by atoms with E-state index in [2.05, 4.69) is 5.32 Å². The lowest BCUT2D eigenvalue weighted by Gasteiger charge is -2.37. The minimum Gasteiger partial charge on any atom is -0.480 e. The highest BCUT2D eigenvalue weighted by atomic mass is 16.4. The first-order chi connectivity index (χ1) is 7.37. The van der Waals surface area contributed by atoms with Crippen LogP contribution < -0.4 is 11.1 Å². The molecule has 3 atom stereocenters. The van der Waals surface area contributed by atoms with Gasteiger partial charge in [0.1, 0.15) is 5.54 Å². The minimum absolute atomic E-state index is 0.318. The Kier molecular flexibility index (Phi) is 3.91. The number of carboxylic acid groups (broad SMARTS) is 1. The summed E-state index contributed by atoms with van der Waals surface area (Å²) in [5.41, 5.74) is 4.33. The molecule has 0 heterocycles. The second-order valence-corrected chi connectivity index (χ2v) is 4.87. The molecular formula is C11H20N2O3. The van der Waals surface area contributed by atoms with Crippen LogP contribution in [0.4, 0.5) is 0 Å². The van der Waals surface area contributed by atoms with Crippen LogP contribution in [-0.4, -0.2) is 28.6 Å². The number of aliphatic carboxylic acids is 1. The van der Waals surface area contributed by atoms with Crippen LogP contribution in [0.5, 0.6) is 0 Å². The van der Waals surface area contributed by atoms with Gasteiger partial charge in [-0.05, 0) is 25.7 Å². The molecule has 0 aromatic heterocycles. The zero-order chi connectivity index (χ0) is 12.3. The topological polar surface area (TPSA) is 92.4 Å². The van der Waals surface area contributed by atoms with E-state index in [1.54, 1.807) is 6.92 Å². The molecule has 0 aromatic carbocycles. The van der Waals surface area contributed by atoms with E-state index >= 15 is 0 Å². The summed E-state index contributed by atoms with van der Waals surface area (Å²) in [6.45, 7) is 3.56. The molecule has 2 unspecified atom stereocenters. The molecule has 1 saturated carbocycles. The van der Waals surface area contributed by atoms with Crippen molar-refractivity contribution < 1.29 is 14.7 Å². The number of amides is 1. The fourth-order valence-electron chi connectivity index (χ4n) is 2.26. The van der Waals surface area contributed by atoms with E-state index in [-0.39, 0.29) is 0 Å². The van der Waals surface area contributed by atoms with E-state index in [0.717, 1.165) is 12.8 Å². The smallest absolute Gasteiger partial charge is 0.329 e. The van der Waals surface area contributed by atoms with E-state index in [4.69, 9.17) is 5.73 Å². The van der Waals surface area contributed by atoms with Crippen LogP contribution in [0.25, 0.3) is 0 Å². The van der Waals surface area contributed by atoms with E-state index in [0.29, 0.717) is 18.8 Å². The molecular weight excluding hydrogens is 208 g/mol. The van der Waals surface area contributed by atoms with E-state index in [1.165, 1.54) is 0 Å². The van der Waals surface area contributed by atoms with Crippen LogP contribution in [0.2, 0.25) is 0 Å². The number of nitrogens with two attached hydrogens (primary N) is 1. The van der Waals surface area contributed by atoms with Gasteiger partial charge >= 0.3 is 5.97 Å². The van der Waals surface area contributed by atoms with Crippen LogP contribution in [0.15, 0.2) is 0 Å². The van der Waals surface area contributed by atoms with Gasteiger partial charge in [0.2, 0.25) is 5.91 Å². The number of carbonyl (C=O) groups excluding carboxylic acids is 1. The molecule has 92 valence electrons. The first-order valence-electron chi connectivity index (χ1n) is 5.68. The Morgan fingerprint density at radius 2 is 2.19 bits per heavy atom. The SMILES string of the molecule is CC1CCCC(NC(=O)[C@H](C)N)(C(=O)O)C1. The molecule has 1 fully saturated rings. The third kappa shape index (κ3) is 2.72. The van der Waals surface area contributed by atoms with Gasteiger partial charge in [-0.3, -0.25) is 4.79 Å². The standard InChI is InChI=1S/C11H20N2O3/c1-7-4-3-5-11(6-7,10(15)16)13-9(14)8(2)12/h7-8H,3-6,12H2,1-2H3,(H,13,14)(H,15,16)/t7?,8-,11?/m0/s1. The van der Waals surface area contributed by atoms with E-state index in [9.17, 15) is 14.7 Å². The molecule has 0 bridgehead atoms. The Bertz CT molecular complexity index is 289. The van der Waals surface area contributed by atoms with Crippen molar-refractivity contribution in [1.82, 2.24) is 5.32 Å². The summed E-state index contributed by atoms with van der Waals surface area (Å²) < 4.78 is 0. The van der Waals surface area contributed by atoms with Crippen molar-refractivity contribution in [1.29, 1.82) is 0 Å². The van der Waals surface area contributed by atoms with Gasteiger partial charge in [-0.25, -0.2) is 4.79 Å². The van der Waals surface area contributed by atoms with Crippen LogP contribution >= 0.6 is 0 Å². The normalized spacial score (nSPS) is 31.8. The highest BCUT2D eigenvalue weighted by molar-refractivity contribution is 5.89. The van der Waals surface area contributed by atoms with Gasteiger partial charge in [0, 0.05) is 0 Å². The lowest BCUT2D eigenvalue weighted by molar-refractivity contribution is -0.150. The Morgan fingerprint density at radius 3 is 2.62 bits per heavy atom. The second-order valence-electron chi connectivity index (χ2n) is 4.87. The number of rotatable bonds is 3. The summed E-state index contributed by atoms with van der Waals surface area (Å²) >= 11 is 0. The molecule has 0 radical (unpaired) electrons. The van der Waals surface area contributed by atoms with Crippen molar-refractivity contribution in [2.45, 2.75) is 51.1 Å². The maximum Gasteiger partial charge on any atom is 0.329 e. The maximum atomic E-state index is 11.5. The van der Waals surface area contributed by atoms with Crippen molar-refractivity contribution in [2.24, 2.45) is 11.7 Å². The molecule has 5 nitrogen and oxygen atoms in total. The Hall–Kier alpha value is -1.10. The molecule has 0 aliphatic heterocycles. The second kappa shape index (κ2) is 4.82. The zero-order valence-corrected chi connectivity index (χ0v) is 9.82. The lowest BCUT2D eigenvalue weighted by atomic mass is 9.76. The molecule has 1 amide bonds. The van der Waals surface area contributed by atoms with Crippen LogP contribution in [0.1, 0.15) is 39.5 Å². The molecule has 5 heteroatoms. The largest absolute Gasteiger partial charge is 0.480 e. The third-order valence-electron chi connectivity index (χ3n) is 3.18. The van der Waals surface area contributed by atoms with Crippen molar-refractivity contribution >= 4 is 11.9 Å². The Balaban J connectivity index is 2.80. The molecule has 4 N–H and O–H groups in total. The first kappa shape index (κ1) is 13.0. The quantitative estimate of drug-likeness (QED) is 0.655. The predicted molar refractivity (Wildman–Crippen MR) is 59.8 cm³/mol. The minimum atomic E-state index is -1.11. The monoisotopic (exact) mass is 228 g/mol. The number of nitrogens with one attached hydrogen (secondary N) is 1. The fourth-order valence-corrected chi connectivity index (χ4v) is 2.26. The molecule has 16 heavy (non-hydrogen) atoms. The number of carboxylic acids is 1. The first-order valence-corrected chi connectivity index (χ1v) is 5.68. The number of hydrogen-bond donors (Lipinski definition) is 3. The van der Waals surface area contributed by atoms with Crippen molar-refractivity contribution in [3.8, 4) is 0 Å².